The van der Waals surface area contributed by atoms with Crippen molar-refractivity contribution in [1.82, 2.24) is 19.5 Å². The Bertz CT molecular complexity index is 1070. The lowest BCUT2D eigenvalue weighted by Gasteiger charge is -2.09. The van der Waals surface area contributed by atoms with Crippen LogP contribution in [0, 0.1) is 0 Å². The Kier molecular flexibility index (Phi) is 5.18. The zero-order valence-corrected chi connectivity index (χ0v) is 17.5. The predicted octanol–water partition coefficient (Wildman–Crippen LogP) is 4.31. The molecule has 4 rings (SSSR count). The van der Waals surface area contributed by atoms with Crippen LogP contribution in [0.3, 0.4) is 0 Å². The molecule has 1 unspecified atom stereocenters. The Morgan fingerprint density at radius 1 is 1.37 bits per heavy atom. The molecule has 0 aliphatic heterocycles. The molecule has 2 N–H and O–H groups in total. The molecule has 0 spiro atoms. The van der Waals surface area contributed by atoms with Gasteiger partial charge in [0.05, 0.1) is 18.2 Å². The second-order valence-corrected chi connectivity index (χ2v) is 9.83. The summed E-state index contributed by atoms with van der Waals surface area (Å²) in [6, 6.07) is 2.00. The molecule has 4 aromatic rings. The van der Waals surface area contributed by atoms with Crippen LogP contribution in [-0.2, 0) is 18.2 Å². The number of unbranched alkanes of at least 4 members (excludes halogenated alkanes) is 1. The highest BCUT2D eigenvalue weighted by Crippen LogP contribution is 2.43. The van der Waals surface area contributed by atoms with Crippen LogP contribution in [0.25, 0.3) is 32.2 Å². The van der Waals surface area contributed by atoms with Crippen LogP contribution < -0.4 is 5.73 Å². The number of anilines is 1. The van der Waals surface area contributed by atoms with Gasteiger partial charge in [0, 0.05) is 29.6 Å². The van der Waals surface area contributed by atoms with E-state index in [1.165, 1.54) is 11.3 Å². The quantitative estimate of drug-likeness (QED) is 0.472. The summed E-state index contributed by atoms with van der Waals surface area (Å²) < 4.78 is 15.4. The summed E-state index contributed by atoms with van der Waals surface area (Å²) in [5, 5.41) is 3.63. The van der Waals surface area contributed by atoms with Crippen molar-refractivity contribution in [3.63, 3.8) is 0 Å². The molecule has 9 heteroatoms. The topological polar surface area (TPSA) is 92.7 Å². The van der Waals surface area contributed by atoms with Gasteiger partial charge < -0.3 is 14.9 Å². The van der Waals surface area contributed by atoms with Crippen LogP contribution in [0.1, 0.15) is 19.8 Å². The second-order valence-electron chi connectivity index (χ2n) is 6.17. The lowest BCUT2D eigenvalue weighted by molar-refractivity contribution is 0.594. The second kappa shape index (κ2) is 7.59. The molecule has 0 bridgehead atoms. The van der Waals surface area contributed by atoms with Gasteiger partial charge in [0.2, 0.25) is 4.21 Å². The molecular formula is C18H19N5OS3. The number of hydrogen-bond donors (Lipinski definition) is 1. The molecule has 0 saturated heterocycles. The van der Waals surface area contributed by atoms with Gasteiger partial charge in [0.25, 0.3) is 0 Å². The van der Waals surface area contributed by atoms with Gasteiger partial charge in [-0.3, -0.25) is 0 Å². The summed E-state index contributed by atoms with van der Waals surface area (Å²) in [5.41, 5.74) is 9.72. The Morgan fingerprint density at radius 2 is 2.22 bits per heavy atom. The van der Waals surface area contributed by atoms with E-state index in [0.717, 1.165) is 45.0 Å². The molecule has 4 heterocycles. The minimum atomic E-state index is -1.11. The van der Waals surface area contributed by atoms with E-state index in [1.54, 1.807) is 23.9 Å². The van der Waals surface area contributed by atoms with E-state index >= 15 is 0 Å². The number of rotatable bonds is 6. The minimum Gasteiger partial charge on any atom is -0.611 e. The van der Waals surface area contributed by atoms with E-state index in [2.05, 4.69) is 16.9 Å². The van der Waals surface area contributed by atoms with Crippen molar-refractivity contribution in [1.29, 1.82) is 0 Å². The first-order valence-corrected chi connectivity index (χ1v) is 11.6. The monoisotopic (exact) mass is 417 g/mol. The molecule has 0 amide bonds. The zero-order valence-electron chi connectivity index (χ0n) is 15.0. The number of thiazole rings is 1. The van der Waals surface area contributed by atoms with Gasteiger partial charge >= 0.3 is 0 Å². The molecule has 6 nitrogen and oxygen atoms in total. The van der Waals surface area contributed by atoms with E-state index in [-0.39, 0.29) is 0 Å². The number of imidazole rings is 1. The molecule has 140 valence electrons. The fourth-order valence-electron chi connectivity index (χ4n) is 2.92. The minimum absolute atomic E-state index is 0.568. The molecule has 4 aromatic heterocycles. The van der Waals surface area contributed by atoms with Gasteiger partial charge in [0.15, 0.2) is 0 Å². The lowest BCUT2D eigenvalue weighted by atomic mass is 10.1. The van der Waals surface area contributed by atoms with Gasteiger partial charge in [-0.2, -0.15) is 0 Å². The maximum Gasteiger partial charge on any atom is 0.232 e. The SMILES string of the molecule is CCCC[S+]([O-])c1sc2nc(-c3nccs3)cc(-c3cncn3C)c2c1N. The average Bonchev–Trinajstić information content (AvgIpc) is 3.39. The number of hydrogen-bond acceptors (Lipinski definition) is 7. The first kappa shape index (κ1) is 18.4. The summed E-state index contributed by atoms with van der Waals surface area (Å²) in [5.74, 6) is 0.619. The van der Waals surface area contributed by atoms with E-state index in [1.807, 2.05) is 29.3 Å². The number of nitrogens with two attached hydrogens (primary N) is 1. The van der Waals surface area contributed by atoms with Crippen molar-refractivity contribution in [3.8, 4) is 22.0 Å². The molecule has 0 aliphatic rings. The van der Waals surface area contributed by atoms with Crippen LogP contribution in [0.2, 0.25) is 0 Å². The predicted molar refractivity (Wildman–Crippen MR) is 114 cm³/mol. The van der Waals surface area contributed by atoms with E-state index in [4.69, 9.17) is 10.7 Å². The summed E-state index contributed by atoms with van der Waals surface area (Å²) in [6.45, 7) is 2.09. The van der Waals surface area contributed by atoms with Crippen molar-refractivity contribution in [3.05, 3.63) is 30.2 Å². The van der Waals surface area contributed by atoms with E-state index < -0.39 is 11.2 Å². The number of nitrogen functional groups attached to an aromatic ring is 1. The Balaban J connectivity index is 1.95. The fraction of sp³-hybridized carbons (Fsp3) is 0.278. The Labute approximate surface area is 168 Å². The first-order valence-electron chi connectivity index (χ1n) is 8.58. The zero-order chi connectivity index (χ0) is 19.0. The third-order valence-corrected chi connectivity index (χ3v) is 8.09. The summed E-state index contributed by atoms with van der Waals surface area (Å²) in [7, 11) is 1.94. The number of aryl methyl sites for hydroxylation is 1. The van der Waals surface area contributed by atoms with Gasteiger partial charge in [0.1, 0.15) is 27.0 Å². The maximum atomic E-state index is 12.8. The number of nitrogens with zero attached hydrogens (tertiary/aromatic N) is 4. The highest BCUT2D eigenvalue weighted by Gasteiger charge is 2.25. The number of fused-ring (bicyclic) bond motifs is 1. The molecule has 0 radical (unpaired) electrons. The van der Waals surface area contributed by atoms with Gasteiger partial charge in [-0.05, 0) is 23.7 Å². The van der Waals surface area contributed by atoms with E-state index in [9.17, 15) is 4.55 Å². The number of thiophene rings is 1. The average molecular weight is 418 g/mol. The highest BCUT2D eigenvalue weighted by molar-refractivity contribution is 7.93. The van der Waals surface area contributed by atoms with Crippen LogP contribution in [0.4, 0.5) is 5.69 Å². The van der Waals surface area contributed by atoms with Crippen molar-refractivity contribution in [2.75, 3.05) is 11.5 Å². The fourth-order valence-corrected chi connectivity index (χ4v) is 6.31. The molecule has 0 fully saturated rings. The standard InChI is InChI=1S/C18H19N5OS3/c1-3-4-7-27(24)18-15(19)14-11(13-9-20-10-23(13)2)8-12(22-17(14)26-18)16-21-5-6-25-16/h5-6,8-10H,3-4,7,19H2,1-2H3. The number of aromatic nitrogens is 4. The molecule has 1 atom stereocenters. The van der Waals surface area contributed by atoms with Crippen molar-refractivity contribution >= 4 is 49.8 Å². The van der Waals surface area contributed by atoms with Gasteiger partial charge in [-0.15, -0.1) is 11.3 Å². The Hall–Kier alpha value is -1.94. The molecule has 27 heavy (non-hydrogen) atoms. The maximum absolute atomic E-state index is 12.8. The molecule has 0 saturated carbocycles. The number of pyridine rings is 1. The Morgan fingerprint density at radius 3 is 2.89 bits per heavy atom. The van der Waals surface area contributed by atoms with Crippen LogP contribution in [-0.4, -0.2) is 29.8 Å². The van der Waals surface area contributed by atoms with Crippen LogP contribution >= 0.6 is 22.7 Å². The largest absolute Gasteiger partial charge is 0.611 e. The third kappa shape index (κ3) is 3.36. The van der Waals surface area contributed by atoms with Crippen LogP contribution in [0.5, 0.6) is 0 Å². The van der Waals surface area contributed by atoms with Crippen molar-refractivity contribution in [2.24, 2.45) is 7.05 Å². The summed E-state index contributed by atoms with van der Waals surface area (Å²) >= 11 is 1.85. The molecule has 0 aliphatic carbocycles. The first-order chi connectivity index (χ1) is 13.1. The van der Waals surface area contributed by atoms with Crippen molar-refractivity contribution in [2.45, 2.75) is 24.0 Å². The van der Waals surface area contributed by atoms with Crippen LogP contribution in [0.15, 0.2) is 34.4 Å². The van der Waals surface area contributed by atoms with E-state index in [0.29, 0.717) is 15.6 Å². The van der Waals surface area contributed by atoms with Gasteiger partial charge in [-0.25, -0.2) is 15.0 Å². The smallest absolute Gasteiger partial charge is 0.232 e. The highest BCUT2D eigenvalue weighted by atomic mass is 32.2. The summed E-state index contributed by atoms with van der Waals surface area (Å²) in [4.78, 5) is 14.2. The third-order valence-electron chi connectivity index (χ3n) is 4.30. The van der Waals surface area contributed by atoms with Gasteiger partial charge in [-0.1, -0.05) is 24.7 Å². The normalized spacial score (nSPS) is 12.7. The summed E-state index contributed by atoms with van der Waals surface area (Å²) in [6.07, 6.45) is 7.25. The molecular weight excluding hydrogens is 398 g/mol. The lowest BCUT2D eigenvalue weighted by Crippen LogP contribution is -2.07. The van der Waals surface area contributed by atoms with Crippen molar-refractivity contribution < 1.29 is 4.55 Å². The molecule has 0 aromatic carbocycles.